The van der Waals surface area contributed by atoms with E-state index in [-0.39, 0.29) is 5.56 Å². The summed E-state index contributed by atoms with van der Waals surface area (Å²) in [6.45, 7) is 6.59. The Balaban J connectivity index is 2.62. The lowest BCUT2D eigenvalue weighted by atomic mass is 10.1. The molecule has 0 aliphatic rings. The lowest BCUT2D eigenvalue weighted by Gasteiger charge is -2.08. The van der Waals surface area contributed by atoms with Gasteiger partial charge in [0.2, 0.25) is 0 Å². The van der Waals surface area contributed by atoms with Crippen LogP contribution in [0, 0.1) is 20.8 Å². The minimum atomic E-state index is 0.0237. The lowest BCUT2D eigenvalue weighted by molar-refractivity contribution is 0.800. The third-order valence-corrected chi connectivity index (χ3v) is 3.36. The van der Waals surface area contributed by atoms with Gasteiger partial charge in [-0.3, -0.25) is 9.89 Å². The van der Waals surface area contributed by atoms with Gasteiger partial charge in [-0.2, -0.15) is 0 Å². The number of hydrogen-bond acceptors (Lipinski definition) is 2. The summed E-state index contributed by atoms with van der Waals surface area (Å²) in [6.07, 6.45) is 0. The van der Waals surface area contributed by atoms with Crippen molar-refractivity contribution in [1.29, 1.82) is 0 Å². The summed E-state index contributed by atoms with van der Waals surface area (Å²) in [7, 11) is 1.84. The van der Waals surface area contributed by atoms with Crippen LogP contribution < -0.4 is 10.9 Å². The number of hydrogen-bond donors (Lipinski definition) is 2. The number of aryl methyl sites for hydroxylation is 2. The Labute approximate surface area is 107 Å². The molecule has 1 heterocycles. The molecule has 4 nitrogen and oxygen atoms in total. The molecule has 1 aromatic carbocycles. The van der Waals surface area contributed by atoms with Gasteiger partial charge in [0.15, 0.2) is 0 Å². The Morgan fingerprint density at radius 2 is 2.00 bits per heavy atom. The van der Waals surface area contributed by atoms with Crippen molar-refractivity contribution < 1.29 is 0 Å². The zero-order valence-corrected chi connectivity index (χ0v) is 11.3. The predicted octanol–water partition coefficient (Wildman–Crippen LogP) is 1.81. The summed E-state index contributed by atoms with van der Waals surface area (Å²) < 4.78 is 1.63. The largest absolute Gasteiger partial charge is 0.315 e. The number of aromatic nitrogens is 2. The fraction of sp³-hybridized carbons (Fsp3) is 0.357. The van der Waals surface area contributed by atoms with E-state index in [0.29, 0.717) is 6.54 Å². The first-order valence-corrected chi connectivity index (χ1v) is 6.08. The van der Waals surface area contributed by atoms with Gasteiger partial charge in [-0.15, -0.1) is 0 Å². The number of nitrogens with zero attached hydrogens (tertiary/aromatic N) is 1. The molecule has 0 saturated carbocycles. The fourth-order valence-electron chi connectivity index (χ4n) is 2.11. The molecular weight excluding hydrogens is 226 g/mol. The van der Waals surface area contributed by atoms with Crippen molar-refractivity contribution in [3.05, 3.63) is 50.9 Å². The van der Waals surface area contributed by atoms with Gasteiger partial charge in [-0.05, 0) is 45.0 Å². The first kappa shape index (κ1) is 12.6. The molecule has 0 aliphatic heterocycles. The Morgan fingerprint density at radius 1 is 1.28 bits per heavy atom. The van der Waals surface area contributed by atoms with Crippen molar-refractivity contribution in [2.75, 3.05) is 7.05 Å². The van der Waals surface area contributed by atoms with E-state index in [1.54, 1.807) is 4.68 Å². The number of aromatic amines is 1. The Bertz CT molecular complexity index is 622. The lowest BCUT2D eigenvalue weighted by Crippen LogP contribution is -2.21. The maximum atomic E-state index is 12.3. The molecule has 0 unspecified atom stereocenters. The molecular formula is C14H19N3O. The van der Waals surface area contributed by atoms with Crippen LogP contribution in [0.15, 0.2) is 23.0 Å². The zero-order valence-electron chi connectivity index (χ0n) is 11.3. The molecule has 0 aliphatic carbocycles. The van der Waals surface area contributed by atoms with Crippen LogP contribution in [-0.2, 0) is 6.54 Å². The second-order valence-electron chi connectivity index (χ2n) is 4.61. The smallest absolute Gasteiger partial charge is 0.275 e. The average Bonchev–Trinajstić information content (AvgIpc) is 2.61. The molecule has 0 amide bonds. The number of benzene rings is 1. The SMILES string of the molecule is CNCc1c(C)[nH]n(-c2cccc(C)c2C)c1=O. The quantitative estimate of drug-likeness (QED) is 0.866. The van der Waals surface area contributed by atoms with E-state index in [1.165, 1.54) is 5.56 Å². The maximum Gasteiger partial charge on any atom is 0.275 e. The molecule has 0 saturated heterocycles. The third kappa shape index (κ3) is 1.99. The molecule has 2 aromatic rings. The summed E-state index contributed by atoms with van der Waals surface area (Å²) in [5.41, 5.74) is 4.95. The van der Waals surface area contributed by atoms with Gasteiger partial charge in [0.25, 0.3) is 5.56 Å². The van der Waals surface area contributed by atoms with Gasteiger partial charge in [0.05, 0.1) is 11.3 Å². The second kappa shape index (κ2) is 4.82. The van der Waals surface area contributed by atoms with Crippen LogP contribution >= 0.6 is 0 Å². The summed E-state index contributed by atoms with van der Waals surface area (Å²) in [5.74, 6) is 0. The minimum Gasteiger partial charge on any atom is -0.315 e. The molecule has 0 atom stereocenters. The number of H-pyrrole nitrogens is 1. The summed E-state index contributed by atoms with van der Waals surface area (Å²) >= 11 is 0. The van der Waals surface area contributed by atoms with Crippen molar-refractivity contribution in [3.63, 3.8) is 0 Å². The zero-order chi connectivity index (χ0) is 13.3. The molecule has 18 heavy (non-hydrogen) atoms. The van der Waals surface area contributed by atoms with Crippen LogP contribution in [0.5, 0.6) is 0 Å². The molecule has 0 radical (unpaired) electrons. The van der Waals surface area contributed by atoms with Gasteiger partial charge >= 0.3 is 0 Å². The highest BCUT2D eigenvalue weighted by Gasteiger charge is 2.13. The van der Waals surface area contributed by atoms with E-state index in [4.69, 9.17) is 0 Å². The van der Waals surface area contributed by atoms with E-state index >= 15 is 0 Å². The fourth-order valence-corrected chi connectivity index (χ4v) is 2.11. The maximum absolute atomic E-state index is 12.3. The third-order valence-electron chi connectivity index (χ3n) is 3.36. The van der Waals surface area contributed by atoms with E-state index < -0.39 is 0 Å². The van der Waals surface area contributed by atoms with Gasteiger partial charge in [0.1, 0.15) is 0 Å². The van der Waals surface area contributed by atoms with Crippen LogP contribution in [-0.4, -0.2) is 16.8 Å². The molecule has 2 rings (SSSR count). The normalized spacial score (nSPS) is 10.9. The first-order valence-electron chi connectivity index (χ1n) is 6.08. The standard InChI is InChI=1S/C14H19N3O/c1-9-6-5-7-13(10(9)2)17-14(18)12(8-15-4)11(3)16-17/h5-7,15-16H,8H2,1-4H3. The summed E-state index contributed by atoms with van der Waals surface area (Å²) in [5, 5.41) is 6.17. The van der Waals surface area contributed by atoms with E-state index in [9.17, 15) is 4.79 Å². The van der Waals surface area contributed by atoms with Gasteiger partial charge in [0, 0.05) is 12.2 Å². The number of rotatable bonds is 3. The van der Waals surface area contributed by atoms with Crippen molar-refractivity contribution in [3.8, 4) is 5.69 Å². The van der Waals surface area contributed by atoms with Crippen LogP contribution in [0.1, 0.15) is 22.4 Å². The Hall–Kier alpha value is -1.81. The highest BCUT2D eigenvalue weighted by Crippen LogP contribution is 2.16. The highest BCUT2D eigenvalue weighted by atomic mass is 16.1. The monoisotopic (exact) mass is 245 g/mol. The van der Waals surface area contributed by atoms with Crippen molar-refractivity contribution in [1.82, 2.24) is 15.1 Å². The average molecular weight is 245 g/mol. The molecule has 2 N–H and O–H groups in total. The number of nitrogens with one attached hydrogen (secondary N) is 2. The summed E-state index contributed by atoms with van der Waals surface area (Å²) in [6, 6.07) is 5.98. The molecule has 4 heteroatoms. The topological polar surface area (TPSA) is 49.8 Å². The first-order chi connectivity index (χ1) is 8.56. The van der Waals surface area contributed by atoms with Crippen LogP contribution in [0.4, 0.5) is 0 Å². The molecule has 0 bridgehead atoms. The van der Waals surface area contributed by atoms with E-state index in [2.05, 4.69) is 10.4 Å². The predicted molar refractivity (Wildman–Crippen MR) is 73.4 cm³/mol. The van der Waals surface area contributed by atoms with Gasteiger partial charge < -0.3 is 5.32 Å². The molecule has 0 spiro atoms. The minimum absolute atomic E-state index is 0.0237. The van der Waals surface area contributed by atoms with Crippen LogP contribution in [0.2, 0.25) is 0 Å². The van der Waals surface area contributed by atoms with Gasteiger partial charge in [-0.25, -0.2) is 4.68 Å². The highest BCUT2D eigenvalue weighted by molar-refractivity contribution is 5.44. The van der Waals surface area contributed by atoms with E-state index in [0.717, 1.165) is 22.5 Å². The van der Waals surface area contributed by atoms with Gasteiger partial charge in [-0.1, -0.05) is 12.1 Å². The van der Waals surface area contributed by atoms with Crippen molar-refractivity contribution in [2.24, 2.45) is 0 Å². The van der Waals surface area contributed by atoms with Crippen LogP contribution in [0.3, 0.4) is 0 Å². The van der Waals surface area contributed by atoms with Crippen molar-refractivity contribution >= 4 is 0 Å². The summed E-state index contributed by atoms with van der Waals surface area (Å²) in [4.78, 5) is 12.3. The van der Waals surface area contributed by atoms with Crippen molar-refractivity contribution in [2.45, 2.75) is 27.3 Å². The molecule has 1 aromatic heterocycles. The molecule has 0 fully saturated rings. The van der Waals surface area contributed by atoms with Crippen LogP contribution in [0.25, 0.3) is 5.69 Å². The Kier molecular flexibility index (Phi) is 3.39. The molecule has 96 valence electrons. The second-order valence-corrected chi connectivity index (χ2v) is 4.61. The van der Waals surface area contributed by atoms with E-state index in [1.807, 2.05) is 46.0 Å². The Morgan fingerprint density at radius 3 is 2.67 bits per heavy atom.